The number of anilines is 2. The van der Waals surface area contributed by atoms with Gasteiger partial charge in [0.05, 0.1) is 17.8 Å². The molecule has 0 aliphatic carbocycles. The van der Waals surface area contributed by atoms with Crippen LogP contribution < -0.4 is 15.8 Å². The number of hydrogen-bond donors (Lipinski definition) is 2. The third kappa shape index (κ3) is 3.88. The lowest BCUT2D eigenvalue weighted by atomic mass is 10.1. The Bertz CT molecular complexity index is 613. The molecule has 0 bridgehead atoms. The van der Waals surface area contributed by atoms with E-state index in [2.05, 4.69) is 5.32 Å². The molecule has 0 radical (unpaired) electrons. The van der Waals surface area contributed by atoms with Gasteiger partial charge in [-0.15, -0.1) is 0 Å². The minimum absolute atomic E-state index is 0.0477. The zero-order valence-corrected chi connectivity index (χ0v) is 12.6. The summed E-state index contributed by atoms with van der Waals surface area (Å²) >= 11 is 0. The van der Waals surface area contributed by atoms with E-state index in [9.17, 15) is 4.39 Å². The maximum Gasteiger partial charge on any atom is 0.144 e. The highest BCUT2D eigenvalue weighted by atomic mass is 19.1. The molecule has 0 amide bonds. The lowest BCUT2D eigenvalue weighted by molar-refractivity contribution is 0.244. The molecular weight excluding hydrogens is 267 g/mol. The first-order chi connectivity index (χ1) is 9.97. The van der Waals surface area contributed by atoms with Crippen LogP contribution in [0.2, 0.25) is 0 Å². The smallest absolute Gasteiger partial charge is 0.144 e. The number of rotatable bonds is 5. The van der Waals surface area contributed by atoms with Crippen molar-refractivity contribution in [2.45, 2.75) is 32.9 Å². The van der Waals surface area contributed by atoms with Gasteiger partial charge in [-0.05, 0) is 39.0 Å². The van der Waals surface area contributed by atoms with E-state index in [1.54, 1.807) is 18.2 Å². The Hall–Kier alpha value is -2.23. The Morgan fingerprint density at radius 3 is 2.48 bits per heavy atom. The fourth-order valence-corrected chi connectivity index (χ4v) is 2.13. The zero-order valence-electron chi connectivity index (χ0n) is 12.6. The molecule has 3 nitrogen and oxygen atoms in total. The van der Waals surface area contributed by atoms with Gasteiger partial charge in [-0.2, -0.15) is 0 Å². The van der Waals surface area contributed by atoms with E-state index in [-0.39, 0.29) is 18.0 Å². The van der Waals surface area contributed by atoms with Crippen molar-refractivity contribution in [1.29, 1.82) is 0 Å². The highest BCUT2D eigenvalue weighted by Crippen LogP contribution is 2.29. The second-order valence-electron chi connectivity index (χ2n) is 5.31. The average Bonchev–Trinajstić information content (AvgIpc) is 2.42. The zero-order chi connectivity index (χ0) is 15.4. The fraction of sp³-hybridized carbons (Fsp3) is 0.294. The standard InChI is InChI=1S/C17H21FN2O/c1-11(2)21-17-10-13(8-9-16(17)19)20-12(3)14-6-4-5-7-15(14)18/h4-12,20H,19H2,1-3H3. The van der Waals surface area contributed by atoms with Gasteiger partial charge in [-0.3, -0.25) is 0 Å². The molecule has 2 aromatic carbocycles. The largest absolute Gasteiger partial charge is 0.489 e. The summed E-state index contributed by atoms with van der Waals surface area (Å²) in [6.45, 7) is 5.81. The maximum absolute atomic E-state index is 13.8. The molecule has 1 atom stereocenters. The van der Waals surface area contributed by atoms with Crippen LogP contribution >= 0.6 is 0 Å². The van der Waals surface area contributed by atoms with Crippen molar-refractivity contribution < 1.29 is 9.13 Å². The number of benzene rings is 2. The molecule has 21 heavy (non-hydrogen) atoms. The summed E-state index contributed by atoms with van der Waals surface area (Å²) in [4.78, 5) is 0. The van der Waals surface area contributed by atoms with Crippen molar-refractivity contribution in [3.8, 4) is 5.75 Å². The SMILES string of the molecule is CC(C)Oc1cc(NC(C)c2ccccc2F)ccc1N. The van der Waals surface area contributed by atoms with Gasteiger partial charge in [-0.25, -0.2) is 4.39 Å². The van der Waals surface area contributed by atoms with Crippen LogP contribution in [0.1, 0.15) is 32.4 Å². The predicted molar refractivity (Wildman–Crippen MR) is 85.1 cm³/mol. The van der Waals surface area contributed by atoms with Crippen molar-refractivity contribution >= 4 is 11.4 Å². The lowest BCUT2D eigenvalue weighted by Crippen LogP contribution is -2.10. The van der Waals surface area contributed by atoms with Gasteiger partial charge in [0.2, 0.25) is 0 Å². The Labute approximate surface area is 124 Å². The van der Waals surface area contributed by atoms with E-state index in [0.29, 0.717) is 17.0 Å². The first kappa shape index (κ1) is 15.2. The molecule has 3 N–H and O–H groups in total. The number of hydrogen-bond acceptors (Lipinski definition) is 3. The number of nitrogens with one attached hydrogen (secondary N) is 1. The van der Waals surface area contributed by atoms with Crippen molar-refractivity contribution in [2.24, 2.45) is 0 Å². The van der Waals surface area contributed by atoms with E-state index in [1.165, 1.54) is 6.07 Å². The van der Waals surface area contributed by atoms with E-state index in [4.69, 9.17) is 10.5 Å². The van der Waals surface area contributed by atoms with E-state index in [0.717, 1.165) is 5.69 Å². The molecular formula is C17H21FN2O. The van der Waals surface area contributed by atoms with Gasteiger partial charge in [0.1, 0.15) is 11.6 Å². The van der Waals surface area contributed by atoms with Crippen molar-refractivity contribution in [3.05, 3.63) is 53.8 Å². The molecule has 0 saturated carbocycles. The van der Waals surface area contributed by atoms with E-state index in [1.807, 2.05) is 39.0 Å². The normalized spacial score (nSPS) is 12.2. The van der Waals surface area contributed by atoms with Crippen molar-refractivity contribution in [3.63, 3.8) is 0 Å². The highest BCUT2D eigenvalue weighted by molar-refractivity contribution is 5.62. The van der Waals surface area contributed by atoms with Gasteiger partial charge in [0, 0.05) is 17.3 Å². The van der Waals surface area contributed by atoms with Gasteiger partial charge < -0.3 is 15.8 Å². The Morgan fingerprint density at radius 1 is 1.10 bits per heavy atom. The molecule has 1 unspecified atom stereocenters. The second kappa shape index (κ2) is 6.48. The van der Waals surface area contributed by atoms with Crippen LogP contribution in [0.15, 0.2) is 42.5 Å². The minimum atomic E-state index is -0.216. The summed E-state index contributed by atoms with van der Waals surface area (Å²) in [5, 5.41) is 3.26. The minimum Gasteiger partial charge on any atom is -0.489 e. The van der Waals surface area contributed by atoms with E-state index < -0.39 is 0 Å². The van der Waals surface area contributed by atoms with Crippen LogP contribution in [0.5, 0.6) is 5.75 Å². The molecule has 0 spiro atoms. The van der Waals surface area contributed by atoms with Gasteiger partial charge in [0.25, 0.3) is 0 Å². The molecule has 0 fully saturated rings. The van der Waals surface area contributed by atoms with Crippen LogP contribution in [0.3, 0.4) is 0 Å². The fourth-order valence-electron chi connectivity index (χ4n) is 2.13. The number of ether oxygens (including phenoxy) is 1. The second-order valence-corrected chi connectivity index (χ2v) is 5.31. The van der Waals surface area contributed by atoms with Crippen molar-refractivity contribution in [2.75, 3.05) is 11.1 Å². The number of nitrogen functional groups attached to an aromatic ring is 1. The predicted octanol–water partition coefficient (Wildman–Crippen LogP) is 4.37. The molecule has 2 rings (SSSR count). The van der Waals surface area contributed by atoms with Crippen LogP contribution in [0, 0.1) is 5.82 Å². The van der Waals surface area contributed by atoms with Gasteiger partial charge >= 0.3 is 0 Å². The van der Waals surface area contributed by atoms with Crippen LogP contribution in [0.25, 0.3) is 0 Å². The average molecular weight is 288 g/mol. The number of halogens is 1. The third-order valence-electron chi connectivity index (χ3n) is 3.13. The quantitative estimate of drug-likeness (QED) is 0.803. The van der Waals surface area contributed by atoms with Crippen LogP contribution in [-0.4, -0.2) is 6.10 Å². The number of nitrogens with two attached hydrogens (primary N) is 1. The summed E-state index contributed by atoms with van der Waals surface area (Å²) in [5.74, 6) is 0.419. The topological polar surface area (TPSA) is 47.3 Å². The maximum atomic E-state index is 13.8. The Morgan fingerprint density at radius 2 is 1.81 bits per heavy atom. The third-order valence-corrected chi connectivity index (χ3v) is 3.13. The monoisotopic (exact) mass is 288 g/mol. The molecule has 0 heterocycles. The lowest BCUT2D eigenvalue weighted by Gasteiger charge is -2.18. The molecule has 0 aliphatic heterocycles. The summed E-state index contributed by atoms with van der Waals surface area (Å²) in [7, 11) is 0. The Balaban J connectivity index is 2.18. The summed E-state index contributed by atoms with van der Waals surface area (Å²) in [6.07, 6.45) is 0.0477. The first-order valence-electron chi connectivity index (χ1n) is 7.04. The van der Waals surface area contributed by atoms with Gasteiger partial charge in [-0.1, -0.05) is 18.2 Å². The van der Waals surface area contributed by atoms with Gasteiger partial charge in [0.15, 0.2) is 0 Å². The Kier molecular flexibility index (Phi) is 4.68. The molecule has 0 aromatic heterocycles. The molecule has 2 aromatic rings. The first-order valence-corrected chi connectivity index (χ1v) is 7.04. The van der Waals surface area contributed by atoms with E-state index >= 15 is 0 Å². The van der Waals surface area contributed by atoms with Crippen LogP contribution in [-0.2, 0) is 0 Å². The summed E-state index contributed by atoms with van der Waals surface area (Å²) < 4.78 is 19.4. The highest BCUT2D eigenvalue weighted by Gasteiger charge is 2.11. The van der Waals surface area contributed by atoms with Crippen LogP contribution in [0.4, 0.5) is 15.8 Å². The molecule has 0 aliphatic rings. The molecule has 4 heteroatoms. The molecule has 112 valence electrons. The summed E-state index contributed by atoms with van der Waals surface area (Å²) in [6, 6.07) is 12.1. The summed E-state index contributed by atoms with van der Waals surface area (Å²) in [5.41, 5.74) is 7.95. The van der Waals surface area contributed by atoms with Crippen molar-refractivity contribution in [1.82, 2.24) is 0 Å². The molecule has 0 saturated heterocycles.